The molecule has 2 heterocycles. The molecule has 0 unspecified atom stereocenters. The van der Waals surface area contributed by atoms with Crippen LogP contribution in [0.15, 0.2) is 24.3 Å². The molecule has 2 amide bonds. The molecule has 10 N–H and O–H groups in total. The number of unbranched alkanes of at least 4 members (excludes halogenated alkanes) is 6. The molecule has 14 heteroatoms. The second kappa shape index (κ2) is 17.3. The molecule has 14 nitrogen and oxygen atoms in total. The number of carbonyl (C=O) groups excluding carboxylic acids is 1. The molecule has 0 bridgehead atoms. The lowest BCUT2D eigenvalue weighted by molar-refractivity contribution is -0.340. The van der Waals surface area contributed by atoms with Crippen LogP contribution in [0.25, 0.3) is 0 Å². The third-order valence-corrected chi connectivity index (χ3v) is 7.52. The van der Waals surface area contributed by atoms with E-state index in [4.69, 9.17) is 14.2 Å². The Balaban J connectivity index is 1.48. The molecule has 0 saturated carbocycles. The highest BCUT2D eigenvalue weighted by atomic mass is 16.7. The maximum absolute atomic E-state index is 12.2. The monoisotopic (exact) mass is 601 g/mol. The van der Waals surface area contributed by atoms with Crippen molar-refractivity contribution in [3.8, 4) is 0 Å². The molecule has 2 saturated heterocycles. The molecule has 42 heavy (non-hydrogen) atoms. The fourth-order valence-electron chi connectivity index (χ4n) is 4.98. The normalized spacial score (nSPS) is 33.2. The van der Waals surface area contributed by atoms with Crippen LogP contribution in [0, 0.1) is 0 Å². The van der Waals surface area contributed by atoms with Gasteiger partial charge in [-0.05, 0) is 30.7 Å². The maximum Gasteiger partial charge on any atom is 0.319 e. The smallest absolute Gasteiger partial charge is 0.319 e. The predicted molar refractivity (Wildman–Crippen MR) is 151 cm³/mol. The summed E-state index contributed by atoms with van der Waals surface area (Å²) in [7, 11) is 0. The van der Waals surface area contributed by atoms with Gasteiger partial charge in [-0.25, -0.2) is 4.79 Å². The van der Waals surface area contributed by atoms with E-state index in [2.05, 4.69) is 22.9 Å². The number of aliphatic hydroxyl groups excluding tert-OH is 7. The van der Waals surface area contributed by atoms with Gasteiger partial charge in [0.2, 0.25) is 0 Å². The number of aliphatic hydroxyl groups is 7. The van der Waals surface area contributed by atoms with Gasteiger partial charge >= 0.3 is 6.03 Å². The largest absolute Gasteiger partial charge is 0.394 e. The summed E-state index contributed by atoms with van der Waals surface area (Å²) in [6.45, 7) is 1.46. The Morgan fingerprint density at radius 3 is 2.02 bits per heavy atom. The summed E-state index contributed by atoms with van der Waals surface area (Å²) >= 11 is 0. The van der Waals surface area contributed by atoms with Crippen LogP contribution in [-0.2, 0) is 14.2 Å². The molecule has 2 fully saturated rings. The molecular formula is C28H47N3O11. The van der Waals surface area contributed by atoms with Gasteiger partial charge < -0.3 is 65.9 Å². The minimum absolute atomic E-state index is 0.313. The second-order valence-corrected chi connectivity index (χ2v) is 10.8. The van der Waals surface area contributed by atoms with Crippen LogP contribution in [0.3, 0.4) is 0 Å². The van der Waals surface area contributed by atoms with Crippen LogP contribution in [0.1, 0.15) is 51.9 Å². The van der Waals surface area contributed by atoms with E-state index >= 15 is 0 Å². The van der Waals surface area contributed by atoms with Gasteiger partial charge in [0.05, 0.1) is 13.2 Å². The lowest BCUT2D eigenvalue weighted by atomic mass is 9.96. The quantitative estimate of drug-likeness (QED) is 0.116. The molecule has 0 radical (unpaired) electrons. The van der Waals surface area contributed by atoms with Gasteiger partial charge in [-0.1, -0.05) is 45.4 Å². The number of hydrogen-bond acceptors (Lipinski definition) is 12. The molecule has 0 aliphatic carbocycles. The zero-order valence-electron chi connectivity index (χ0n) is 23.9. The van der Waals surface area contributed by atoms with Gasteiger partial charge in [0, 0.05) is 17.9 Å². The van der Waals surface area contributed by atoms with Gasteiger partial charge in [0.15, 0.2) is 12.5 Å². The number of amides is 2. The van der Waals surface area contributed by atoms with Gasteiger partial charge in [-0.2, -0.15) is 0 Å². The summed E-state index contributed by atoms with van der Waals surface area (Å²) in [5.74, 6) is 0. The first-order valence-electron chi connectivity index (χ1n) is 14.7. The van der Waals surface area contributed by atoms with E-state index < -0.39 is 74.6 Å². The summed E-state index contributed by atoms with van der Waals surface area (Å²) in [5.41, 5.74) is 1.04. The van der Waals surface area contributed by atoms with E-state index in [1.807, 2.05) is 0 Å². The van der Waals surface area contributed by atoms with Crippen LogP contribution in [0.2, 0.25) is 0 Å². The van der Waals surface area contributed by atoms with Crippen molar-refractivity contribution in [3.63, 3.8) is 0 Å². The summed E-state index contributed by atoms with van der Waals surface area (Å²) in [6, 6.07) is 6.26. The number of benzene rings is 1. The van der Waals surface area contributed by atoms with Gasteiger partial charge in [-0.3, -0.25) is 0 Å². The van der Waals surface area contributed by atoms with E-state index in [9.17, 15) is 40.5 Å². The van der Waals surface area contributed by atoms with Crippen molar-refractivity contribution in [1.82, 2.24) is 5.32 Å². The Kier molecular flexibility index (Phi) is 14.1. The average Bonchev–Trinajstić information content (AvgIpc) is 2.99. The number of carbonyl (C=O) groups is 1. The van der Waals surface area contributed by atoms with E-state index in [0.717, 1.165) is 12.8 Å². The summed E-state index contributed by atoms with van der Waals surface area (Å²) in [5, 5.41) is 79.5. The first kappa shape index (κ1) is 34.4. The molecule has 0 spiro atoms. The minimum atomic E-state index is -1.74. The highest BCUT2D eigenvalue weighted by Gasteiger charge is 2.50. The van der Waals surface area contributed by atoms with Crippen LogP contribution < -0.4 is 16.0 Å². The Morgan fingerprint density at radius 2 is 1.38 bits per heavy atom. The SMILES string of the molecule is CCCCCCCCCNC(=O)Nc1ccc(N[C@@H]2O[C@H](CO)[C@@H](O[C@@H]3O[C@H](CO)[C@H](O)[C@H](O)[C@H]3O)[C@H](O)[C@H]2O)cc1. The third kappa shape index (κ3) is 9.44. The third-order valence-electron chi connectivity index (χ3n) is 7.52. The second-order valence-electron chi connectivity index (χ2n) is 10.8. The predicted octanol–water partition coefficient (Wildman–Crippen LogP) is -0.405. The van der Waals surface area contributed by atoms with E-state index in [1.165, 1.54) is 32.1 Å². The van der Waals surface area contributed by atoms with E-state index in [1.54, 1.807) is 24.3 Å². The van der Waals surface area contributed by atoms with Crippen molar-refractivity contribution in [1.29, 1.82) is 0 Å². The van der Waals surface area contributed by atoms with Crippen molar-refractivity contribution >= 4 is 17.4 Å². The number of rotatable bonds is 15. The van der Waals surface area contributed by atoms with Crippen molar-refractivity contribution < 1.29 is 54.8 Å². The molecular weight excluding hydrogens is 554 g/mol. The Hall–Kier alpha value is -2.11. The van der Waals surface area contributed by atoms with Crippen LogP contribution in [0.4, 0.5) is 16.2 Å². The first-order valence-corrected chi connectivity index (χ1v) is 14.7. The van der Waals surface area contributed by atoms with E-state index in [0.29, 0.717) is 17.9 Å². The molecule has 3 rings (SSSR count). The fourth-order valence-corrected chi connectivity index (χ4v) is 4.98. The minimum Gasteiger partial charge on any atom is -0.394 e. The van der Waals surface area contributed by atoms with Crippen molar-refractivity contribution in [2.45, 2.75) is 113 Å². The Morgan fingerprint density at radius 1 is 0.762 bits per heavy atom. The zero-order chi connectivity index (χ0) is 30.6. The summed E-state index contributed by atoms with van der Waals surface area (Å²) in [4.78, 5) is 12.2. The molecule has 0 aromatic heterocycles. The lowest BCUT2D eigenvalue weighted by Gasteiger charge is -2.46. The van der Waals surface area contributed by atoms with Gasteiger partial charge in [0.1, 0.15) is 48.8 Å². The topological polar surface area (TPSA) is 222 Å². The molecule has 2 aliphatic rings. The Labute approximate surface area is 245 Å². The molecule has 1 aromatic carbocycles. The lowest BCUT2D eigenvalue weighted by Crippen LogP contribution is -2.65. The van der Waals surface area contributed by atoms with Gasteiger partial charge in [-0.15, -0.1) is 0 Å². The van der Waals surface area contributed by atoms with Crippen molar-refractivity contribution in [2.24, 2.45) is 0 Å². The maximum atomic E-state index is 12.2. The fraction of sp³-hybridized carbons (Fsp3) is 0.750. The Bertz CT molecular complexity index is 923. The molecule has 240 valence electrons. The number of anilines is 2. The molecule has 1 aromatic rings. The number of ether oxygens (including phenoxy) is 3. The molecule has 2 aliphatic heterocycles. The number of urea groups is 1. The highest BCUT2D eigenvalue weighted by Crippen LogP contribution is 2.30. The van der Waals surface area contributed by atoms with Crippen LogP contribution in [-0.4, -0.2) is 123 Å². The molecule has 10 atom stereocenters. The van der Waals surface area contributed by atoms with Crippen molar-refractivity contribution in [3.05, 3.63) is 24.3 Å². The summed E-state index contributed by atoms with van der Waals surface area (Å²) < 4.78 is 16.6. The number of hydrogen-bond donors (Lipinski definition) is 10. The highest BCUT2D eigenvalue weighted by molar-refractivity contribution is 5.89. The van der Waals surface area contributed by atoms with Gasteiger partial charge in [0.25, 0.3) is 0 Å². The van der Waals surface area contributed by atoms with Crippen molar-refractivity contribution in [2.75, 3.05) is 30.4 Å². The zero-order valence-corrected chi connectivity index (χ0v) is 23.9. The average molecular weight is 602 g/mol. The summed E-state index contributed by atoms with van der Waals surface area (Å²) in [6.07, 6.45) is -6.70. The standard InChI is InChI=1S/C28H47N3O11/c1-2-3-4-5-6-7-8-13-29-28(39)31-17-11-9-16(10-12-17)30-26-23(37)22(36)25(19(15-33)40-26)42-27-24(38)21(35)20(34)18(14-32)41-27/h9-12,18-27,30,32-38H,2-8,13-15H2,1H3,(H2,29,31,39)/t18-,19-,20+,21+,22-,23-,24-,25-,26-,27+/m1/s1. The van der Waals surface area contributed by atoms with Crippen LogP contribution in [0.5, 0.6) is 0 Å². The number of nitrogens with one attached hydrogen (secondary N) is 3. The van der Waals surface area contributed by atoms with Crippen LogP contribution >= 0.6 is 0 Å². The first-order chi connectivity index (χ1) is 20.2. The van der Waals surface area contributed by atoms with E-state index in [-0.39, 0.29) is 6.03 Å².